The third kappa shape index (κ3) is 6.74. The summed E-state index contributed by atoms with van der Waals surface area (Å²) in [6.07, 6.45) is 5.00. The number of hydrogen-bond acceptors (Lipinski definition) is 5. The van der Waals surface area contributed by atoms with E-state index in [4.69, 9.17) is 9.47 Å². The van der Waals surface area contributed by atoms with Gasteiger partial charge in [-0.1, -0.05) is 67.2 Å². The predicted molar refractivity (Wildman–Crippen MR) is 185 cm³/mol. The molecule has 1 fully saturated rings. The van der Waals surface area contributed by atoms with Gasteiger partial charge in [0.15, 0.2) is 0 Å². The molecule has 7 nitrogen and oxygen atoms in total. The number of fused-ring (bicyclic) bond motifs is 2. The lowest BCUT2D eigenvalue weighted by Gasteiger charge is -2.34. The zero-order valence-corrected chi connectivity index (χ0v) is 27.2. The van der Waals surface area contributed by atoms with Crippen molar-refractivity contribution in [3.63, 3.8) is 0 Å². The monoisotopic (exact) mass is 642 g/mol. The molecule has 7 rings (SSSR count). The minimum atomic E-state index is -0.440. The first-order valence-corrected chi connectivity index (χ1v) is 17.0. The molecule has 3 aliphatic rings. The molecule has 0 bridgehead atoms. The molecular weight excluding hydrogens is 600 g/mol. The maximum atomic E-state index is 13.0. The van der Waals surface area contributed by atoms with E-state index in [1.807, 2.05) is 30.3 Å². The number of phenolic OH excluding ortho intramolecular Hbond substituents is 1. The van der Waals surface area contributed by atoms with Crippen LogP contribution in [0.1, 0.15) is 81.3 Å². The fraction of sp³-hybridized carbons (Fsp3) is 0.317. The maximum absolute atomic E-state index is 13.0. The van der Waals surface area contributed by atoms with Crippen molar-refractivity contribution >= 4 is 11.8 Å². The highest BCUT2D eigenvalue weighted by atomic mass is 16.5. The van der Waals surface area contributed by atoms with Crippen LogP contribution in [0.25, 0.3) is 0 Å². The van der Waals surface area contributed by atoms with E-state index in [0.717, 1.165) is 42.6 Å². The van der Waals surface area contributed by atoms with Gasteiger partial charge in [0, 0.05) is 30.3 Å². The Hall–Kier alpha value is -4.88. The molecule has 48 heavy (non-hydrogen) atoms. The van der Waals surface area contributed by atoms with Crippen LogP contribution >= 0.6 is 0 Å². The van der Waals surface area contributed by atoms with Crippen LogP contribution in [0.4, 0.5) is 0 Å². The van der Waals surface area contributed by atoms with Crippen LogP contribution in [-0.4, -0.2) is 47.7 Å². The summed E-state index contributed by atoms with van der Waals surface area (Å²) in [4.78, 5) is 27.1. The Morgan fingerprint density at radius 1 is 0.833 bits per heavy atom. The Balaban J connectivity index is 0.878. The lowest BCUT2D eigenvalue weighted by molar-refractivity contribution is -0.126. The van der Waals surface area contributed by atoms with Crippen molar-refractivity contribution in [2.75, 3.05) is 19.8 Å². The Kier molecular flexibility index (Phi) is 9.30. The van der Waals surface area contributed by atoms with Crippen LogP contribution in [0, 0.1) is 0 Å². The lowest BCUT2D eigenvalue weighted by Crippen LogP contribution is -2.49. The molecule has 2 heterocycles. The highest BCUT2D eigenvalue weighted by Gasteiger charge is 2.38. The van der Waals surface area contributed by atoms with Gasteiger partial charge in [0.05, 0.1) is 6.61 Å². The number of aryl methyl sites for hydroxylation is 2. The van der Waals surface area contributed by atoms with E-state index >= 15 is 0 Å². The van der Waals surface area contributed by atoms with E-state index in [2.05, 4.69) is 66.5 Å². The molecule has 7 heteroatoms. The Labute approximate surface area is 282 Å². The second-order valence-electron chi connectivity index (χ2n) is 13.1. The van der Waals surface area contributed by atoms with Gasteiger partial charge in [0.25, 0.3) is 5.91 Å². The van der Waals surface area contributed by atoms with E-state index in [1.165, 1.54) is 22.3 Å². The van der Waals surface area contributed by atoms with Crippen LogP contribution < -0.4 is 10.1 Å². The summed E-state index contributed by atoms with van der Waals surface area (Å²) < 4.78 is 11.9. The van der Waals surface area contributed by atoms with Gasteiger partial charge >= 0.3 is 0 Å². The van der Waals surface area contributed by atoms with Crippen LogP contribution in [0.2, 0.25) is 0 Å². The Morgan fingerprint density at radius 3 is 2.48 bits per heavy atom. The first-order valence-electron chi connectivity index (χ1n) is 17.0. The standard InChI is InChI=1S/C41H42N2O5/c1-27-9-20-38(40(45)42-27)43-26-32-24-28(10-17-37(32)41(43)46)6-5-21-47-22-23-48-34-15-11-30(12-16-34)39-35(29-7-3-2-4-8-29)18-13-31-25-33(44)14-19-36(31)39/h2-4,7-8,10-12,14-17,19,24-25,35,38-39,44H,1,5-6,9,13,18,20-23,26H2,(H,42,45)/t35-,38+,39+/m1/s1. The fourth-order valence-corrected chi connectivity index (χ4v) is 7.61. The van der Waals surface area contributed by atoms with Gasteiger partial charge < -0.3 is 24.8 Å². The number of benzene rings is 4. The van der Waals surface area contributed by atoms with Crippen LogP contribution in [0.3, 0.4) is 0 Å². The molecule has 0 unspecified atom stereocenters. The number of nitrogens with zero attached hydrogens (tertiary/aromatic N) is 1. The number of aromatic hydroxyl groups is 1. The molecular formula is C41H42N2O5. The Bertz CT molecular complexity index is 1800. The predicted octanol–water partition coefficient (Wildman–Crippen LogP) is 7.03. The van der Waals surface area contributed by atoms with Crippen molar-refractivity contribution in [1.82, 2.24) is 10.2 Å². The number of nitrogens with one attached hydrogen (secondary N) is 1. The topological polar surface area (TPSA) is 88.1 Å². The third-order valence-electron chi connectivity index (χ3n) is 10.0. The first kappa shape index (κ1) is 31.7. The van der Waals surface area contributed by atoms with E-state index < -0.39 is 6.04 Å². The molecule has 2 amide bonds. The lowest BCUT2D eigenvalue weighted by atomic mass is 9.69. The van der Waals surface area contributed by atoms with E-state index in [-0.39, 0.29) is 17.7 Å². The second-order valence-corrected chi connectivity index (χ2v) is 13.1. The van der Waals surface area contributed by atoms with Gasteiger partial charge in [-0.2, -0.15) is 0 Å². The van der Waals surface area contributed by atoms with E-state index in [9.17, 15) is 14.7 Å². The minimum absolute atomic E-state index is 0.0703. The summed E-state index contributed by atoms with van der Waals surface area (Å²) in [6, 6.07) is 30.5. The van der Waals surface area contributed by atoms with E-state index in [0.29, 0.717) is 62.1 Å². The molecule has 4 aromatic carbocycles. The third-order valence-corrected chi connectivity index (χ3v) is 10.0. The number of carbonyl (C=O) groups is 2. The maximum Gasteiger partial charge on any atom is 0.255 e. The van der Waals surface area contributed by atoms with Crippen molar-refractivity contribution in [2.24, 2.45) is 0 Å². The molecule has 1 saturated heterocycles. The Morgan fingerprint density at radius 2 is 1.67 bits per heavy atom. The van der Waals surface area contributed by atoms with Gasteiger partial charge in [-0.05, 0) is 108 Å². The summed E-state index contributed by atoms with van der Waals surface area (Å²) in [6.45, 7) is 5.89. The zero-order valence-electron chi connectivity index (χ0n) is 27.2. The van der Waals surface area contributed by atoms with Gasteiger partial charge in [0.2, 0.25) is 5.91 Å². The average Bonchev–Trinajstić information content (AvgIpc) is 3.42. The molecule has 246 valence electrons. The molecule has 0 radical (unpaired) electrons. The number of amides is 2. The van der Waals surface area contributed by atoms with Crippen molar-refractivity contribution < 1.29 is 24.2 Å². The molecule has 0 spiro atoms. The van der Waals surface area contributed by atoms with Crippen LogP contribution in [0.5, 0.6) is 11.5 Å². The van der Waals surface area contributed by atoms with Gasteiger partial charge in [0.1, 0.15) is 24.1 Å². The highest BCUT2D eigenvalue weighted by Crippen LogP contribution is 2.47. The molecule has 2 N–H and O–H groups in total. The number of phenols is 1. The number of rotatable bonds is 11. The molecule has 0 aromatic heterocycles. The molecule has 1 aliphatic carbocycles. The van der Waals surface area contributed by atoms with Crippen LogP contribution in [0.15, 0.2) is 103 Å². The number of carbonyl (C=O) groups excluding carboxylic acids is 2. The van der Waals surface area contributed by atoms with Crippen molar-refractivity contribution in [3.8, 4) is 11.5 Å². The normalized spacial score (nSPS) is 20.3. The fourth-order valence-electron chi connectivity index (χ4n) is 7.61. The van der Waals surface area contributed by atoms with Gasteiger partial charge in [-0.3, -0.25) is 9.59 Å². The average molecular weight is 643 g/mol. The summed E-state index contributed by atoms with van der Waals surface area (Å²) in [5.74, 6) is 1.50. The quantitative estimate of drug-likeness (QED) is 0.172. The SMILES string of the molecule is C=C1CC[C@H](N2Cc3cc(CCCOCCOc4ccc([C@@H]5c6ccc(O)cc6CC[C@@H]5c5ccccc5)cc4)ccc3C2=O)C(=O)N1. The largest absolute Gasteiger partial charge is 0.508 e. The molecule has 3 atom stereocenters. The van der Waals surface area contributed by atoms with Crippen LogP contribution in [-0.2, 0) is 28.9 Å². The van der Waals surface area contributed by atoms with Crippen molar-refractivity contribution in [3.05, 3.63) is 142 Å². The number of hydrogen-bond donors (Lipinski definition) is 2. The van der Waals surface area contributed by atoms with Crippen molar-refractivity contribution in [2.45, 2.75) is 62.9 Å². The summed E-state index contributed by atoms with van der Waals surface area (Å²) >= 11 is 0. The number of allylic oxidation sites excluding steroid dienone is 1. The smallest absolute Gasteiger partial charge is 0.255 e. The molecule has 2 aliphatic heterocycles. The van der Waals surface area contributed by atoms with Gasteiger partial charge in [-0.25, -0.2) is 0 Å². The highest BCUT2D eigenvalue weighted by molar-refractivity contribution is 6.01. The van der Waals surface area contributed by atoms with Crippen molar-refractivity contribution in [1.29, 1.82) is 0 Å². The summed E-state index contributed by atoms with van der Waals surface area (Å²) in [5.41, 5.74) is 8.65. The minimum Gasteiger partial charge on any atom is -0.508 e. The van der Waals surface area contributed by atoms with E-state index in [1.54, 1.807) is 11.0 Å². The molecule has 4 aromatic rings. The summed E-state index contributed by atoms with van der Waals surface area (Å²) in [5, 5.41) is 12.9. The first-order chi connectivity index (χ1) is 23.4. The van der Waals surface area contributed by atoms with Gasteiger partial charge in [-0.15, -0.1) is 0 Å². The number of piperidine rings is 1. The number of ether oxygens (including phenoxy) is 2. The summed E-state index contributed by atoms with van der Waals surface area (Å²) in [7, 11) is 0. The molecule has 0 saturated carbocycles. The second kappa shape index (κ2) is 14.1. The zero-order chi connectivity index (χ0) is 33.0.